The molecule has 2 aliphatic rings. The average molecular weight is 348 g/mol. The smallest absolute Gasteiger partial charge is 0.264 e. The molecule has 0 aliphatic carbocycles. The number of carbonyl (C=O) groups is 1. The highest BCUT2D eigenvalue weighted by molar-refractivity contribution is 6.30. The van der Waals surface area contributed by atoms with Gasteiger partial charge in [-0.05, 0) is 43.5 Å². The van der Waals surface area contributed by atoms with Crippen molar-refractivity contribution in [3.8, 4) is 5.75 Å². The fourth-order valence-electron chi connectivity index (χ4n) is 3.42. The van der Waals surface area contributed by atoms with Crippen LogP contribution in [0, 0.1) is 6.92 Å². The van der Waals surface area contributed by atoms with Crippen molar-refractivity contribution in [1.82, 2.24) is 15.0 Å². The summed E-state index contributed by atoms with van der Waals surface area (Å²) in [6, 6.07) is 5.47. The summed E-state index contributed by atoms with van der Waals surface area (Å²) in [5.41, 5.74) is 0.988. The standard InChI is InChI=1S/C17H18ClN3O3/c1-10-19-16(24-20-10)11-3-2-6-21(9-11)17(22)15-8-12-7-13(18)4-5-14(12)23-15/h4-5,7,11,15H,2-3,6,8-9H2,1H3. The number of ether oxygens (including phenoxy) is 1. The lowest BCUT2D eigenvalue weighted by Gasteiger charge is -2.32. The van der Waals surface area contributed by atoms with E-state index in [9.17, 15) is 4.79 Å². The molecule has 0 spiro atoms. The van der Waals surface area contributed by atoms with Gasteiger partial charge in [0.25, 0.3) is 5.91 Å². The maximum Gasteiger partial charge on any atom is 0.264 e. The van der Waals surface area contributed by atoms with E-state index in [1.165, 1.54) is 0 Å². The molecule has 1 fully saturated rings. The van der Waals surface area contributed by atoms with E-state index in [0.717, 1.165) is 30.7 Å². The molecule has 3 heterocycles. The molecule has 1 aromatic heterocycles. The first-order valence-corrected chi connectivity index (χ1v) is 8.52. The minimum absolute atomic E-state index is 0.0169. The maximum absolute atomic E-state index is 12.8. The number of amides is 1. The number of fused-ring (bicyclic) bond motifs is 1. The Balaban J connectivity index is 1.45. The van der Waals surface area contributed by atoms with E-state index in [0.29, 0.717) is 29.7 Å². The van der Waals surface area contributed by atoms with Crippen molar-refractivity contribution in [3.63, 3.8) is 0 Å². The molecule has 2 aliphatic heterocycles. The topological polar surface area (TPSA) is 68.5 Å². The van der Waals surface area contributed by atoms with Gasteiger partial charge in [0.1, 0.15) is 5.75 Å². The Morgan fingerprint density at radius 1 is 1.42 bits per heavy atom. The van der Waals surface area contributed by atoms with Gasteiger partial charge in [0.05, 0.1) is 5.92 Å². The monoisotopic (exact) mass is 347 g/mol. The number of aromatic nitrogens is 2. The van der Waals surface area contributed by atoms with Crippen LogP contribution in [0.2, 0.25) is 5.02 Å². The number of carbonyl (C=O) groups excluding carboxylic acids is 1. The zero-order valence-electron chi connectivity index (χ0n) is 13.4. The highest BCUT2D eigenvalue weighted by Gasteiger charge is 2.36. The summed E-state index contributed by atoms with van der Waals surface area (Å²) >= 11 is 6.01. The van der Waals surface area contributed by atoms with Gasteiger partial charge < -0.3 is 14.2 Å². The molecule has 7 heteroatoms. The normalized spacial score (nSPS) is 23.0. The van der Waals surface area contributed by atoms with Gasteiger partial charge in [-0.2, -0.15) is 4.98 Å². The molecule has 2 unspecified atom stereocenters. The molecular formula is C17H18ClN3O3. The summed E-state index contributed by atoms with van der Waals surface area (Å²) in [7, 11) is 0. The van der Waals surface area contributed by atoms with Crippen LogP contribution in [0.15, 0.2) is 22.7 Å². The van der Waals surface area contributed by atoms with Crippen molar-refractivity contribution in [3.05, 3.63) is 40.5 Å². The van der Waals surface area contributed by atoms with Crippen molar-refractivity contribution >= 4 is 17.5 Å². The van der Waals surface area contributed by atoms with Gasteiger partial charge in [-0.1, -0.05) is 16.8 Å². The Bertz CT molecular complexity index is 776. The van der Waals surface area contributed by atoms with Crippen molar-refractivity contribution in [2.24, 2.45) is 0 Å². The third-order valence-corrected chi connectivity index (χ3v) is 4.83. The molecule has 1 saturated heterocycles. The van der Waals surface area contributed by atoms with E-state index in [4.69, 9.17) is 20.9 Å². The quantitative estimate of drug-likeness (QED) is 0.835. The second-order valence-electron chi connectivity index (χ2n) is 6.37. The summed E-state index contributed by atoms with van der Waals surface area (Å²) < 4.78 is 11.1. The fraction of sp³-hybridized carbons (Fsp3) is 0.471. The summed E-state index contributed by atoms with van der Waals surface area (Å²) in [5, 5.41) is 4.51. The number of halogens is 1. The van der Waals surface area contributed by atoms with Gasteiger partial charge in [-0.25, -0.2) is 0 Å². The van der Waals surface area contributed by atoms with E-state index in [1.54, 1.807) is 13.0 Å². The molecule has 0 N–H and O–H groups in total. The Hall–Kier alpha value is -2.08. The highest BCUT2D eigenvalue weighted by Crippen LogP contribution is 2.33. The molecule has 1 amide bonds. The number of benzene rings is 1. The number of hydrogen-bond acceptors (Lipinski definition) is 5. The SMILES string of the molecule is Cc1noc(C2CCCN(C(=O)C3Cc4cc(Cl)ccc4O3)C2)n1. The second-order valence-corrected chi connectivity index (χ2v) is 6.80. The van der Waals surface area contributed by atoms with E-state index >= 15 is 0 Å². The molecule has 126 valence electrons. The third-order valence-electron chi connectivity index (χ3n) is 4.60. The van der Waals surface area contributed by atoms with Gasteiger partial charge >= 0.3 is 0 Å². The molecule has 0 radical (unpaired) electrons. The van der Waals surface area contributed by atoms with E-state index in [1.807, 2.05) is 17.0 Å². The van der Waals surface area contributed by atoms with Gasteiger partial charge in [0, 0.05) is 24.5 Å². The molecule has 0 bridgehead atoms. The van der Waals surface area contributed by atoms with Crippen molar-refractivity contribution < 1.29 is 14.1 Å². The van der Waals surface area contributed by atoms with Crippen LogP contribution in [0.3, 0.4) is 0 Å². The lowest BCUT2D eigenvalue weighted by Crippen LogP contribution is -2.46. The average Bonchev–Trinajstić information content (AvgIpc) is 3.20. The largest absolute Gasteiger partial charge is 0.480 e. The number of aryl methyl sites for hydroxylation is 1. The molecule has 2 atom stereocenters. The van der Waals surface area contributed by atoms with Gasteiger partial charge in [-0.3, -0.25) is 4.79 Å². The molecule has 1 aromatic carbocycles. The van der Waals surface area contributed by atoms with Crippen molar-refractivity contribution in [1.29, 1.82) is 0 Å². The number of nitrogens with zero attached hydrogens (tertiary/aromatic N) is 3. The van der Waals surface area contributed by atoms with Crippen molar-refractivity contribution in [2.75, 3.05) is 13.1 Å². The summed E-state index contributed by atoms with van der Waals surface area (Å²) in [6.45, 7) is 3.13. The molecule has 6 nitrogen and oxygen atoms in total. The van der Waals surface area contributed by atoms with Crippen LogP contribution in [-0.2, 0) is 11.2 Å². The first kappa shape index (κ1) is 15.4. The second kappa shape index (κ2) is 6.09. The summed E-state index contributed by atoms with van der Waals surface area (Å²) in [4.78, 5) is 19.0. The predicted molar refractivity (Wildman–Crippen MR) is 87.2 cm³/mol. The van der Waals surface area contributed by atoms with Crippen molar-refractivity contribution in [2.45, 2.75) is 38.2 Å². The lowest BCUT2D eigenvalue weighted by molar-refractivity contribution is -0.139. The van der Waals surface area contributed by atoms with E-state index in [2.05, 4.69) is 10.1 Å². The van der Waals surface area contributed by atoms with Crippen LogP contribution >= 0.6 is 11.6 Å². The third kappa shape index (κ3) is 2.86. The van der Waals surface area contributed by atoms with Crippen LogP contribution in [-0.4, -0.2) is 40.1 Å². The summed E-state index contributed by atoms with van der Waals surface area (Å²) in [6.07, 6.45) is 1.97. The van der Waals surface area contributed by atoms with E-state index in [-0.39, 0.29) is 11.8 Å². The van der Waals surface area contributed by atoms with Gasteiger partial charge in [0.15, 0.2) is 11.9 Å². The minimum atomic E-state index is -0.471. The first-order valence-electron chi connectivity index (χ1n) is 8.14. The number of likely N-dealkylation sites (tertiary alicyclic amines) is 1. The number of piperidine rings is 1. The summed E-state index contributed by atoms with van der Waals surface area (Å²) in [5.74, 6) is 2.11. The predicted octanol–water partition coefficient (Wildman–Crippen LogP) is 2.74. The van der Waals surface area contributed by atoms with Crippen LogP contribution in [0.25, 0.3) is 0 Å². The molecular weight excluding hydrogens is 330 g/mol. The minimum Gasteiger partial charge on any atom is -0.480 e. The Morgan fingerprint density at radius 2 is 2.29 bits per heavy atom. The Morgan fingerprint density at radius 3 is 3.08 bits per heavy atom. The molecule has 2 aromatic rings. The lowest BCUT2D eigenvalue weighted by atomic mass is 9.97. The molecule has 4 rings (SSSR count). The number of hydrogen-bond donors (Lipinski definition) is 0. The maximum atomic E-state index is 12.8. The Kier molecular flexibility index (Phi) is 3.92. The Labute approximate surface area is 144 Å². The molecule has 0 saturated carbocycles. The highest BCUT2D eigenvalue weighted by atomic mass is 35.5. The zero-order valence-corrected chi connectivity index (χ0v) is 14.1. The van der Waals surface area contributed by atoms with Crippen LogP contribution in [0.5, 0.6) is 5.75 Å². The fourth-order valence-corrected chi connectivity index (χ4v) is 3.61. The van der Waals surface area contributed by atoms with E-state index < -0.39 is 6.10 Å². The van der Waals surface area contributed by atoms with Crippen LogP contribution < -0.4 is 4.74 Å². The first-order chi connectivity index (χ1) is 11.6. The van der Waals surface area contributed by atoms with Gasteiger partial charge in [-0.15, -0.1) is 0 Å². The van der Waals surface area contributed by atoms with Crippen LogP contribution in [0.4, 0.5) is 0 Å². The zero-order chi connectivity index (χ0) is 16.7. The van der Waals surface area contributed by atoms with Gasteiger partial charge in [0.2, 0.25) is 5.89 Å². The molecule has 24 heavy (non-hydrogen) atoms. The van der Waals surface area contributed by atoms with Crippen LogP contribution in [0.1, 0.15) is 36.0 Å². The number of rotatable bonds is 2.